The summed E-state index contributed by atoms with van der Waals surface area (Å²) in [6, 6.07) is -0.725. The van der Waals surface area contributed by atoms with Crippen molar-refractivity contribution in [1.82, 2.24) is 14.9 Å². The second-order valence-corrected chi connectivity index (χ2v) is 5.75. The maximum absolute atomic E-state index is 14.5. The van der Waals surface area contributed by atoms with Crippen molar-refractivity contribution in [3.05, 3.63) is 17.8 Å². The van der Waals surface area contributed by atoms with E-state index >= 15 is 0 Å². The average Bonchev–Trinajstić information content (AvgIpc) is 2.96. The van der Waals surface area contributed by atoms with Crippen molar-refractivity contribution in [3.63, 3.8) is 0 Å². The molecule has 1 amide bonds. The van der Waals surface area contributed by atoms with Crippen molar-refractivity contribution < 1.29 is 18.3 Å². The number of alkyl halides is 1. The molecule has 3 heterocycles. The third-order valence-electron chi connectivity index (χ3n) is 4.31. The lowest BCUT2D eigenvalue weighted by molar-refractivity contribution is -0.136. The first-order valence-electron chi connectivity index (χ1n) is 7.88. The maximum Gasteiger partial charge on any atom is 0.245 e. The number of halogens is 2. The molecule has 8 heteroatoms. The van der Waals surface area contributed by atoms with Gasteiger partial charge in [0.2, 0.25) is 5.91 Å². The molecule has 1 aromatic heterocycles. The Hall–Kier alpha value is -1.83. The second kappa shape index (κ2) is 6.74. The predicted octanol–water partition coefficient (Wildman–Crippen LogP) is 0.954. The number of aryl methyl sites for hydroxylation is 1. The van der Waals surface area contributed by atoms with Crippen LogP contribution in [0.5, 0.6) is 0 Å². The lowest BCUT2D eigenvalue weighted by atomic mass is 10.1. The van der Waals surface area contributed by atoms with Gasteiger partial charge in [-0.1, -0.05) is 6.92 Å². The van der Waals surface area contributed by atoms with Gasteiger partial charge in [-0.15, -0.1) is 0 Å². The van der Waals surface area contributed by atoms with Crippen LogP contribution in [0.1, 0.15) is 19.0 Å². The SMILES string of the molecule is CCc1ncnc(N2C[C@H](F)C[C@H]2C(=O)N2CCOCC2)c1F. The highest BCUT2D eigenvalue weighted by atomic mass is 19.1. The molecule has 0 unspecified atom stereocenters. The molecule has 2 atom stereocenters. The number of hydrogen-bond donors (Lipinski definition) is 0. The molecule has 3 rings (SSSR count). The molecule has 23 heavy (non-hydrogen) atoms. The zero-order chi connectivity index (χ0) is 16.4. The van der Waals surface area contributed by atoms with Crippen LogP contribution in [0, 0.1) is 5.82 Å². The highest BCUT2D eigenvalue weighted by Crippen LogP contribution is 2.29. The second-order valence-electron chi connectivity index (χ2n) is 5.75. The summed E-state index contributed by atoms with van der Waals surface area (Å²) in [7, 11) is 0. The van der Waals surface area contributed by atoms with Gasteiger partial charge in [-0.2, -0.15) is 0 Å². The van der Waals surface area contributed by atoms with Gasteiger partial charge >= 0.3 is 0 Å². The van der Waals surface area contributed by atoms with Crippen molar-refractivity contribution in [2.45, 2.75) is 32.0 Å². The van der Waals surface area contributed by atoms with Gasteiger partial charge in [0, 0.05) is 19.5 Å². The third-order valence-corrected chi connectivity index (χ3v) is 4.31. The Bertz CT molecular complexity index is 581. The van der Waals surface area contributed by atoms with Crippen molar-refractivity contribution in [3.8, 4) is 0 Å². The van der Waals surface area contributed by atoms with Gasteiger partial charge in [0.25, 0.3) is 0 Å². The van der Waals surface area contributed by atoms with E-state index in [0.29, 0.717) is 32.7 Å². The van der Waals surface area contributed by atoms with E-state index in [1.54, 1.807) is 11.8 Å². The van der Waals surface area contributed by atoms with Crippen LogP contribution in [-0.2, 0) is 16.0 Å². The highest BCUT2D eigenvalue weighted by Gasteiger charge is 2.41. The first kappa shape index (κ1) is 16.0. The van der Waals surface area contributed by atoms with E-state index in [0.717, 1.165) is 0 Å². The fraction of sp³-hybridized carbons (Fsp3) is 0.667. The minimum Gasteiger partial charge on any atom is -0.378 e. The Balaban J connectivity index is 1.86. The number of aromatic nitrogens is 2. The van der Waals surface area contributed by atoms with Crippen LogP contribution in [-0.4, -0.2) is 65.8 Å². The number of carbonyl (C=O) groups is 1. The topological polar surface area (TPSA) is 58.6 Å². The summed E-state index contributed by atoms with van der Waals surface area (Å²) in [5.41, 5.74) is 0.273. The molecule has 2 saturated heterocycles. The number of rotatable bonds is 3. The van der Waals surface area contributed by atoms with Crippen molar-refractivity contribution in [2.75, 3.05) is 37.7 Å². The van der Waals surface area contributed by atoms with E-state index in [-0.39, 0.29) is 30.4 Å². The standard InChI is InChI=1S/C15H20F2N4O2/c1-2-11-13(17)14(19-9-18-11)21-8-10(16)7-12(21)15(22)20-3-5-23-6-4-20/h9-10,12H,2-8H2,1H3/t10-,12+/m1/s1. The molecule has 0 N–H and O–H groups in total. The molecule has 1 aromatic rings. The first-order chi connectivity index (χ1) is 11.1. The number of anilines is 1. The number of amides is 1. The summed E-state index contributed by atoms with van der Waals surface area (Å²) in [4.78, 5) is 23.6. The molecule has 2 aliphatic heterocycles. The number of nitrogens with zero attached hydrogens (tertiary/aromatic N) is 4. The fourth-order valence-electron chi connectivity index (χ4n) is 3.09. The summed E-state index contributed by atoms with van der Waals surface area (Å²) in [6.07, 6.45) is 0.556. The molecule has 6 nitrogen and oxygen atoms in total. The normalized spacial score (nSPS) is 25.0. The van der Waals surface area contributed by atoms with Gasteiger partial charge < -0.3 is 14.5 Å². The van der Waals surface area contributed by atoms with Gasteiger partial charge in [0.05, 0.1) is 25.5 Å². The molecule has 0 spiro atoms. The zero-order valence-electron chi connectivity index (χ0n) is 13.0. The van der Waals surface area contributed by atoms with Crippen LogP contribution >= 0.6 is 0 Å². The Kier molecular flexibility index (Phi) is 4.70. The summed E-state index contributed by atoms with van der Waals surface area (Å²) >= 11 is 0. The van der Waals surface area contributed by atoms with Crippen LogP contribution < -0.4 is 4.90 Å². The van der Waals surface area contributed by atoms with Crippen molar-refractivity contribution in [2.24, 2.45) is 0 Å². The van der Waals surface area contributed by atoms with Gasteiger partial charge in [0.1, 0.15) is 18.5 Å². The molecular formula is C15H20F2N4O2. The van der Waals surface area contributed by atoms with Gasteiger partial charge in [-0.3, -0.25) is 4.79 Å². The Labute approximate surface area is 133 Å². The molecule has 0 aliphatic carbocycles. The minimum atomic E-state index is -1.18. The summed E-state index contributed by atoms with van der Waals surface area (Å²) < 4.78 is 33.7. The van der Waals surface area contributed by atoms with Crippen LogP contribution in [0.2, 0.25) is 0 Å². The summed E-state index contributed by atoms with van der Waals surface area (Å²) in [5.74, 6) is -0.739. The lowest BCUT2D eigenvalue weighted by Gasteiger charge is -2.32. The first-order valence-corrected chi connectivity index (χ1v) is 7.88. The number of ether oxygens (including phenoxy) is 1. The quantitative estimate of drug-likeness (QED) is 0.828. The Morgan fingerprint density at radius 1 is 1.39 bits per heavy atom. The van der Waals surface area contributed by atoms with E-state index < -0.39 is 18.0 Å². The van der Waals surface area contributed by atoms with Crippen molar-refractivity contribution >= 4 is 11.7 Å². The maximum atomic E-state index is 14.5. The average molecular weight is 326 g/mol. The van der Waals surface area contributed by atoms with E-state index in [1.165, 1.54) is 11.2 Å². The smallest absolute Gasteiger partial charge is 0.245 e. The summed E-state index contributed by atoms with van der Waals surface area (Å²) in [5, 5.41) is 0. The predicted molar refractivity (Wildman–Crippen MR) is 79.4 cm³/mol. The molecule has 0 bridgehead atoms. The van der Waals surface area contributed by atoms with Crippen molar-refractivity contribution in [1.29, 1.82) is 0 Å². The van der Waals surface area contributed by atoms with Crippen LogP contribution in [0.4, 0.5) is 14.6 Å². The Morgan fingerprint density at radius 2 is 2.13 bits per heavy atom. The highest BCUT2D eigenvalue weighted by molar-refractivity contribution is 5.86. The van der Waals surface area contributed by atoms with E-state index in [9.17, 15) is 13.6 Å². The van der Waals surface area contributed by atoms with Crippen LogP contribution in [0.25, 0.3) is 0 Å². The Morgan fingerprint density at radius 3 is 2.83 bits per heavy atom. The molecule has 0 aromatic carbocycles. The van der Waals surface area contributed by atoms with Crippen LogP contribution in [0.15, 0.2) is 6.33 Å². The number of hydrogen-bond acceptors (Lipinski definition) is 5. The lowest BCUT2D eigenvalue weighted by Crippen LogP contribution is -2.50. The monoisotopic (exact) mass is 326 g/mol. The third kappa shape index (κ3) is 3.12. The molecule has 0 radical (unpaired) electrons. The summed E-state index contributed by atoms with van der Waals surface area (Å²) in [6.45, 7) is 3.66. The van der Waals surface area contributed by atoms with Gasteiger partial charge in [-0.05, 0) is 6.42 Å². The van der Waals surface area contributed by atoms with E-state index in [2.05, 4.69) is 9.97 Å². The molecule has 2 aliphatic rings. The zero-order valence-corrected chi connectivity index (χ0v) is 13.0. The van der Waals surface area contributed by atoms with Crippen LogP contribution in [0.3, 0.4) is 0 Å². The van der Waals surface area contributed by atoms with E-state index in [1.807, 2.05) is 0 Å². The molecule has 0 saturated carbocycles. The van der Waals surface area contributed by atoms with Gasteiger partial charge in [-0.25, -0.2) is 18.7 Å². The van der Waals surface area contributed by atoms with Gasteiger partial charge in [0.15, 0.2) is 11.6 Å². The number of morpholine rings is 1. The minimum absolute atomic E-state index is 0.0172. The molecule has 126 valence electrons. The molecule has 2 fully saturated rings. The molecular weight excluding hydrogens is 306 g/mol. The van der Waals surface area contributed by atoms with E-state index in [4.69, 9.17) is 4.74 Å². The fourth-order valence-corrected chi connectivity index (χ4v) is 3.09. The largest absolute Gasteiger partial charge is 0.378 e. The number of carbonyl (C=O) groups excluding carboxylic acids is 1.